The van der Waals surface area contributed by atoms with E-state index in [0.717, 1.165) is 6.54 Å². The molecule has 0 atom stereocenters. The third kappa shape index (κ3) is 3.12. The van der Waals surface area contributed by atoms with E-state index in [9.17, 15) is 14.9 Å². The molecule has 0 bridgehead atoms. The molecule has 0 aliphatic heterocycles. The number of hydrogen-bond acceptors (Lipinski definition) is 3. The van der Waals surface area contributed by atoms with Crippen LogP contribution in [0.3, 0.4) is 0 Å². The molecular weight excluding hydrogens is 312 g/mol. The molecule has 1 aliphatic rings. The average Bonchev–Trinajstić information content (AvgIpc) is 3.19. The van der Waals surface area contributed by atoms with Gasteiger partial charge in [0.1, 0.15) is 4.47 Å². The quantitative estimate of drug-likeness (QED) is 0.616. The molecule has 102 valence electrons. The van der Waals surface area contributed by atoms with Crippen LogP contribution in [-0.4, -0.2) is 28.8 Å². The van der Waals surface area contributed by atoms with E-state index in [1.807, 2.05) is 6.92 Å². The zero-order chi connectivity index (χ0) is 14.0. The van der Waals surface area contributed by atoms with Crippen molar-refractivity contribution in [3.05, 3.63) is 38.3 Å². The predicted octanol–water partition coefficient (Wildman–Crippen LogP) is 3.23. The van der Waals surface area contributed by atoms with Crippen molar-refractivity contribution in [2.24, 2.45) is 5.92 Å². The minimum absolute atomic E-state index is 0.0756. The molecule has 1 aromatic rings. The van der Waals surface area contributed by atoms with Crippen LogP contribution in [-0.2, 0) is 0 Å². The summed E-state index contributed by atoms with van der Waals surface area (Å²) in [6, 6.07) is 4.55. The Hall–Kier alpha value is -1.43. The van der Waals surface area contributed by atoms with E-state index in [1.165, 1.54) is 18.9 Å². The number of carbonyl (C=O) groups is 1. The SMILES string of the molecule is CCN(CC1CC1)C(=O)c1cccc([N+](=O)[O-])c1Br. The van der Waals surface area contributed by atoms with Gasteiger partial charge in [0.2, 0.25) is 0 Å². The fourth-order valence-electron chi connectivity index (χ4n) is 1.96. The summed E-state index contributed by atoms with van der Waals surface area (Å²) in [7, 11) is 0. The van der Waals surface area contributed by atoms with Crippen molar-refractivity contribution in [3.8, 4) is 0 Å². The number of amides is 1. The topological polar surface area (TPSA) is 63.5 Å². The molecule has 0 spiro atoms. The summed E-state index contributed by atoms with van der Waals surface area (Å²) in [4.78, 5) is 24.5. The summed E-state index contributed by atoms with van der Waals surface area (Å²) < 4.78 is 0.263. The highest BCUT2D eigenvalue weighted by molar-refractivity contribution is 9.10. The first-order valence-electron chi connectivity index (χ1n) is 6.26. The number of nitro groups is 1. The highest BCUT2D eigenvalue weighted by atomic mass is 79.9. The van der Waals surface area contributed by atoms with E-state index in [2.05, 4.69) is 15.9 Å². The number of rotatable bonds is 5. The second kappa shape index (κ2) is 5.69. The summed E-state index contributed by atoms with van der Waals surface area (Å²) in [6.45, 7) is 3.28. The first-order valence-corrected chi connectivity index (χ1v) is 7.06. The van der Waals surface area contributed by atoms with Crippen LogP contribution in [0.4, 0.5) is 5.69 Å². The zero-order valence-corrected chi connectivity index (χ0v) is 12.2. The van der Waals surface area contributed by atoms with Crippen LogP contribution in [0.2, 0.25) is 0 Å². The molecule has 1 amide bonds. The van der Waals surface area contributed by atoms with Gasteiger partial charge in [0.05, 0.1) is 10.5 Å². The zero-order valence-electron chi connectivity index (χ0n) is 10.6. The molecule has 6 heteroatoms. The van der Waals surface area contributed by atoms with Crippen LogP contribution in [0.15, 0.2) is 22.7 Å². The van der Waals surface area contributed by atoms with Crippen LogP contribution in [0, 0.1) is 16.0 Å². The van der Waals surface area contributed by atoms with Gasteiger partial charge in [-0.3, -0.25) is 14.9 Å². The number of nitrogens with zero attached hydrogens (tertiary/aromatic N) is 2. The van der Waals surface area contributed by atoms with Crippen molar-refractivity contribution >= 4 is 27.5 Å². The molecule has 0 saturated heterocycles. The number of hydrogen-bond donors (Lipinski definition) is 0. The average molecular weight is 327 g/mol. The molecule has 2 rings (SSSR count). The largest absolute Gasteiger partial charge is 0.339 e. The van der Waals surface area contributed by atoms with Gasteiger partial charge in [-0.1, -0.05) is 6.07 Å². The summed E-state index contributed by atoms with van der Waals surface area (Å²) in [6.07, 6.45) is 2.33. The Morgan fingerprint density at radius 1 is 1.53 bits per heavy atom. The molecule has 1 aliphatic carbocycles. The second-order valence-corrected chi connectivity index (χ2v) is 5.48. The van der Waals surface area contributed by atoms with E-state index in [1.54, 1.807) is 17.0 Å². The molecule has 1 saturated carbocycles. The molecule has 0 N–H and O–H groups in total. The van der Waals surface area contributed by atoms with Gasteiger partial charge in [-0.2, -0.15) is 0 Å². The normalized spacial score (nSPS) is 14.2. The Kier molecular flexibility index (Phi) is 4.19. The second-order valence-electron chi connectivity index (χ2n) is 4.68. The maximum atomic E-state index is 12.4. The number of nitro benzene ring substituents is 1. The molecule has 5 nitrogen and oxygen atoms in total. The first-order chi connectivity index (χ1) is 9.04. The van der Waals surface area contributed by atoms with Crippen molar-refractivity contribution in [3.63, 3.8) is 0 Å². The smallest absolute Gasteiger partial charge is 0.284 e. The van der Waals surface area contributed by atoms with Crippen LogP contribution in [0.25, 0.3) is 0 Å². The lowest BCUT2D eigenvalue weighted by molar-refractivity contribution is -0.385. The van der Waals surface area contributed by atoms with E-state index >= 15 is 0 Å². The van der Waals surface area contributed by atoms with Gasteiger partial charge in [-0.25, -0.2) is 0 Å². The highest BCUT2D eigenvalue weighted by Crippen LogP contribution is 2.32. The minimum Gasteiger partial charge on any atom is -0.339 e. The van der Waals surface area contributed by atoms with Crippen molar-refractivity contribution < 1.29 is 9.72 Å². The van der Waals surface area contributed by atoms with Gasteiger partial charge in [0.15, 0.2) is 0 Å². The molecular formula is C13H15BrN2O3. The lowest BCUT2D eigenvalue weighted by Crippen LogP contribution is -2.33. The fraction of sp³-hybridized carbons (Fsp3) is 0.462. The summed E-state index contributed by atoms with van der Waals surface area (Å²) in [5.41, 5.74) is 0.282. The monoisotopic (exact) mass is 326 g/mol. The highest BCUT2D eigenvalue weighted by Gasteiger charge is 2.28. The van der Waals surface area contributed by atoms with Crippen LogP contribution < -0.4 is 0 Å². The third-order valence-corrected chi connectivity index (χ3v) is 4.08. The molecule has 19 heavy (non-hydrogen) atoms. The molecule has 1 aromatic carbocycles. The summed E-state index contributed by atoms with van der Waals surface area (Å²) >= 11 is 3.17. The summed E-state index contributed by atoms with van der Waals surface area (Å²) in [5.74, 6) is 0.450. The van der Waals surface area contributed by atoms with Gasteiger partial charge in [0.25, 0.3) is 11.6 Å². The van der Waals surface area contributed by atoms with Crippen LogP contribution >= 0.6 is 15.9 Å². The van der Waals surface area contributed by atoms with E-state index in [0.29, 0.717) is 18.0 Å². The number of benzene rings is 1. The first kappa shape index (κ1) is 14.0. The van der Waals surface area contributed by atoms with E-state index < -0.39 is 4.92 Å². The van der Waals surface area contributed by atoms with Gasteiger partial charge in [0, 0.05) is 19.2 Å². The summed E-state index contributed by atoms with van der Waals surface area (Å²) in [5, 5.41) is 10.9. The lowest BCUT2D eigenvalue weighted by atomic mass is 10.1. The van der Waals surface area contributed by atoms with Crippen molar-refractivity contribution in [2.75, 3.05) is 13.1 Å². The maximum Gasteiger partial charge on any atom is 0.284 e. The molecule has 0 aromatic heterocycles. The standard InChI is InChI=1S/C13H15BrN2O3/c1-2-15(8-9-6-7-9)13(17)10-4-3-5-11(12(10)14)16(18)19/h3-5,9H,2,6-8H2,1H3. The molecule has 1 fully saturated rings. The van der Waals surface area contributed by atoms with Crippen LogP contribution in [0.5, 0.6) is 0 Å². The van der Waals surface area contributed by atoms with Gasteiger partial charge >= 0.3 is 0 Å². The Bertz CT molecular complexity index is 515. The Labute approximate surface area is 119 Å². The Morgan fingerprint density at radius 3 is 2.74 bits per heavy atom. The molecule has 0 heterocycles. The molecule has 0 unspecified atom stereocenters. The Balaban J connectivity index is 2.26. The third-order valence-electron chi connectivity index (χ3n) is 3.25. The fourth-order valence-corrected chi connectivity index (χ4v) is 2.54. The van der Waals surface area contributed by atoms with Gasteiger partial charge in [-0.15, -0.1) is 0 Å². The van der Waals surface area contributed by atoms with Crippen LogP contribution in [0.1, 0.15) is 30.1 Å². The number of halogens is 1. The number of carbonyl (C=O) groups excluding carboxylic acids is 1. The maximum absolute atomic E-state index is 12.4. The predicted molar refractivity (Wildman–Crippen MR) is 75.1 cm³/mol. The van der Waals surface area contributed by atoms with Gasteiger partial charge < -0.3 is 4.90 Å². The van der Waals surface area contributed by atoms with Crippen molar-refractivity contribution in [2.45, 2.75) is 19.8 Å². The van der Waals surface area contributed by atoms with Crippen molar-refractivity contribution in [1.29, 1.82) is 0 Å². The molecule has 0 radical (unpaired) electrons. The Morgan fingerprint density at radius 2 is 2.21 bits per heavy atom. The minimum atomic E-state index is -0.488. The van der Waals surface area contributed by atoms with E-state index in [4.69, 9.17) is 0 Å². The lowest BCUT2D eigenvalue weighted by Gasteiger charge is -2.21. The van der Waals surface area contributed by atoms with Gasteiger partial charge in [-0.05, 0) is 47.7 Å². The van der Waals surface area contributed by atoms with Crippen molar-refractivity contribution in [1.82, 2.24) is 4.90 Å². The van der Waals surface area contributed by atoms with E-state index in [-0.39, 0.29) is 16.1 Å².